The molecule has 16 unspecified atom stereocenters. The highest BCUT2D eigenvalue weighted by molar-refractivity contribution is 6.65. The Labute approximate surface area is 454 Å². The van der Waals surface area contributed by atoms with Crippen LogP contribution in [0.5, 0.6) is 0 Å². The first-order valence-electron chi connectivity index (χ1n) is 29.6. The predicted octanol–water partition coefficient (Wildman–Crippen LogP) is 7.14. The molecule has 74 heavy (non-hydrogen) atoms. The Bertz CT molecular complexity index is 5920. The van der Waals surface area contributed by atoms with Gasteiger partial charge < -0.3 is 56.9 Å². The van der Waals surface area contributed by atoms with E-state index in [2.05, 4.69) is 72.5 Å². The van der Waals surface area contributed by atoms with Gasteiger partial charge in [0.1, 0.15) is 0 Å². The van der Waals surface area contributed by atoms with E-state index < -0.39 is 0 Å². The predicted molar refractivity (Wildman–Crippen MR) is 280 cm³/mol. The van der Waals surface area contributed by atoms with Crippen molar-refractivity contribution in [2.45, 2.75) is 66.6 Å². The van der Waals surface area contributed by atoms with Crippen LogP contribution in [-0.4, -0.2) is 62.3 Å². The van der Waals surface area contributed by atoms with Crippen LogP contribution in [0.3, 0.4) is 0 Å². The highest BCUT2D eigenvalue weighted by Gasteiger charge is 2.92. The molecule has 12 aromatic rings. The minimum Gasteiger partial charge on any atom is -1.00 e. The van der Waals surface area contributed by atoms with Crippen LogP contribution < -0.4 is 48.0 Å². The lowest BCUT2D eigenvalue weighted by atomic mass is 9.40. The third-order valence-electron chi connectivity index (χ3n) is 31.8. The van der Waals surface area contributed by atoms with Crippen molar-refractivity contribution in [3.63, 3.8) is 0 Å². The van der Waals surface area contributed by atoms with Crippen molar-refractivity contribution in [2.24, 2.45) is 39.9 Å². The smallest absolute Gasteiger partial charge is 0.0930 e. The third-order valence-corrected chi connectivity index (χ3v) is 31.8. The molecule has 3 heterocycles. The van der Waals surface area contributed by atoms with Gasteiger partial charge in [0.2, 0.25) is 0 Å². The summed E-state index contributed by atoms with van der Waals surface area (Å²) < 4.78 is 2.54. The second-order valence-electron chi connectivity index (χ2n) is 31.5. The first-order chi connectivity index (χ1) is 35.4. The minimum atomic E-state index is 0. The van der Waals surface area contributed by atoms with Crippen molar-refractivity contribution in [3.05, 3.63) is 111 Å². The monoisotopic (exact) mass is 1160 g/mol. The summed E-state index contributed by atoms with van der Waals surface area (Å²) in [5, 5.41) is 40.5. The van der Waals surface area contributed by atoms with Crippen LogP contribution in [0.25, 0.3) is 130 Å². The van der Waals surface area contributed by atoms with Gasteiger partial charge in [0.05, 0.1) is 75.0 Å². The van der Waals surface area contributed by atoms with Gasteiger partial charge in [-0.1, -0.05) is 0 Å². The van der Waals surface area contributed by atoms with Crippen LogP contribution in [0, 0.1) is 39.9 Å². The molecule has 35 rings (SSSR count). The highest BCUT2D eigenvalue weighted by atomic mass is 127. The van der Waals surface area contributed by atoms with Crippen LogP contribution in [0.2, 0.25) is 0 Å². The van der Waals surface area contributed by atoms with Gasteiger partial charge in [0, 0.05) is 65.1 Å². The van der Waals surface area contributed by atoms with Gasteiger partial charge in [0.25, 0.3) is 0 Å². The van der Waals surface area contributed by atoms with Gasteiger partial charge in [-0.05, 0) is 261 Å². The zero-order valence-corrected chi connectivity index (χ0v) is 45.1. The summed E-state index contributed by atoms with van der Waals surface area (Å²) in [6, 6.07) is 0. The van der Waals surface area contributed by atoms with E-state index in [1.54, 1.807) is 21.5 Å². The van der Waals surface area contributed by atoms with Crippen molar-refractivity contribution in [3.8, 4) is 0 Å². The fraction of sp³-hybridized carbons (Fsp3) is 0.371. The quantitative estimate of drug-likeness (QED) is 0.0983. The molecule has 20 aliphatic carbocycles. The summed E-state index contributed by atoms with van der Waals surface area (Å²) in [6.45, 7) is 13.6. The Morgan fingerprint density at radius 2 is 0.986 bits per heavy atom. The first-order valence-corrected chi connectivity index (χ1v) is 29.6. The van der Waals surface area contributed by atoms with Gasteiger partial charge >= 0.3 is 0 Å². The van der Waals surface area contributed by atoms with Crippen LogP contribution in [0.1, 0.15) is 139 Å². The number of benzene rings is 9. The van der Waals surface area contributed by atoms with Gasteiger partial charge in [-0.15, -0.1) is 0 Å². The van der Waals surface area contributed by atoms with Crippen LogP contribution >= 0.6 is 0 Å². The van der Waals surface area contributed by atoms with E-state index in [0.29, 0.717) is 71.0 Å². The van der Waals surface area contributed by atoms with E-state index >= 15 is 0 Å². The fourth-order valence-corrected chi connectivity index (χ4v) is 33.1. The minimum absolute atomic E-state index is 0. The van der Waals surface area contributed by atoms with Crippen LogP contribution in [0.4, 0.5) is 0 Å². The maximum Gasteiger partial charge on any atom is 0.0930 e. The number of halogens is 2. The van der Waals surface area contributed by atoms with E-state index in [9.17, 15) is 0 Å². The van der Waals surface area contributed by atoms with Crippen molar-refractivity contribution in [1.82, 2.24) is 0 Å². The normalized spacial score (nSPS) is 44.9. The number of allylic oxidation sites excluding steroid dienone is 4. The van der Waals surface area contributed by atoms with Crippen molar-refractivity contribution < 1.29 is 56.9 Å². The Balaban J connectivity index is 0.00000169. The van der Waals surface area contributed by atoms with Crippen LogP contribution in [0.15, 0.2) is 33.4 Å². The number of likely N-dealkylation sites (tertiary alicyclic amines) is 1. The number of fused-ring (bicyclic) bond motifs is 2. The maximum absolute atomic E-state index is 2.78. The number of nitrogens with zero attached hydrogens (tertiary/aromatic N) is 2. The number of quaternary nitrogens is 2. The molecule has 0 N–H and O–H groups in total. The molecule has 0 aromatic heterocycles. The largest absolute Gasteiger partial charge is 1.00 e. The summed E-state index contributed by atoms with van der Waals surface area (Å²) in [5.74, 6) is 7.01. The molecule has 16 atom stereocenters. The molecule has 0 amide bonds. The maximum atomic E-state index is 2.78. The standard InChI is InChI=1S/C70H36N2.2HI/c1-5-72(6-2)7-67-57-42-31-24-14-11-12-15-13(14)17-19-25-23(15)32-28-18(12)22-21-16(11)20-26(24)39(42)45-40-30(20)34(21)49-50-35(22)36(28)51-56-63(50)69-9-71(3,4)10-70(69)64(54(60(45)67)52(40)62(49)69)55-53-48-41-37(29(19)33(27(17)31)46(57)47(41)61(55)67)44-38(25)43(32)59(51)68(8-72,58(44)48)65(56)66(53)70;;/h33,42-43,46,48,52-53,57-60,62H,5-10H2,1-4H3;2*1H/q+2;;/p-2. The van der Waals surface area contributed by atoms with E-state index in [4.69, 9.17) is 0 Å². The summed E-state index contributed by atoms with van der Waals surface area (Å²) >= 11 is 0. The molecule has 340 valence electrons. The average molecular weight is 1160 g/mol. The number of hydrogen-bond acceptors (Lipinski definition) is 0. The molecule has 2 saturated carbocycles. The zero-order chi connectivity index (χ0) is 43.6. The van der Waals surface area contributed by atoms with Crippen molar-refractivity contribution >= 4 is 130 Å². The number of likely N-dealkylation sites (N-methyl/N-ethyl adjacent to an activating group) is 1. The molecule has 4 heteroatoms. The SMILES string of the molecule is CC[N+]1(CC)CC23C4=C5C6C7=C8C9=C%10c%11c(c%12c%13c%14c%11C%11c%15c%16c%17c%18c%19c%20c%21c%22c%23c%24c%25c(c4c4c%26c%27c(c%13c%13c(c%15%14)c%17c%14c(c%22%18)c%23c(c%25%26)c%27c%13%14)C%12C42)C24C[N+](C)(C)CC52C7=C(C%21C%244)C%20C8(C1)C(C%19%16)C9%11)C3C%106.[I-].[I-]. The summed E-state index contributed by atoms with van der Waals surface area (Å²) in [6.07, 6.45) is 0. The first kappa shape index (κ1) is 33.1. The highest BCUT2D eigenvalue weighted by Crippen LogP contribution is 3.00. The topological polar surface area (TPSA) is 0 Å². The Morgan fingerprint density at radius 3 is 1.73 bits per heavy atom. The molecular formula is C70H36I2N2. The van der Waals surface area contributed by atoms with Gasteiger partial charge in [-0.25, -0.2) is 0 Å². The summed E-state index contributed by atoms with van der Waals surface area (Å²) in [4.78, 5) is 0. The van der Waals surface area contributed by atoms with Gasteiger partial charge in [-0.3, -0.25) is 0 Å². The summed E-state index contributed by atoms with van der Waals surface area (Å²) in [7, 11) is 5.56. The molecule has 2 nitrogen and oxygen atoms in total. The second kappa shape index (κ2) is 7.43. The van der Waals surface area contributed by atoms with Crippen molar-refractivity contribution in [2.75, 3.05) is 53.4 Å². The lowest BCUT2D eigenvalue weighted by Crippen LogP contribution is -3.00. The molecular weight excluding hydrogens is 1120 g/mol. The average Bonchev–Trinajstić information content (AvgIpc) is 2.88. The van der Waals surface area contributed by atoms with E-state index in [1.165, 1.54) is 48.2 Å². The molecule has 4 spiro atoms. The summed E-state index contributed by atoms with van der Waals surface area (Å²) in [5.41, 5.74) is 45.2. The van der Waals surface area contributed by atoms with E-state index in [0.717, 1.165) is 0 Å². The van der Waals surface area contributed by atoms with Gasteiger partial charge in [0.15, 0.2) is 0 Å². The lowest BCUT2D eigenvalue weighted by molar-refractivity contribution is -0.936. The Kier molecular flexibility index (Phi) is 3.32. The van der Waals surface area contributed by atoms with E-state index in [1.807, 2.05) is 175 Å². The molecule has 10 bridgehead atoms. The van der Waals surface area contributed by atoms with Crippen LogP contribution in [-0.2, 0) is 5.41 Å². The second-order valence-corrected chi connectivity index (χ2v) is 31.5. The fourth-order valence-electron chi connectivity index (χ4n) is 33.1. The van der Waals surface area contributed by atoms with Crippen molar-refractivity contribution in [1.29, 1.82) is 0 Å². The zero-order valence-electron chi connectivity index (χ0n) is 40.8. The molecule has 0 radical (unpaired) electrons. The Morgan fingerprint density at radius 1 is 0.405 bits per heavy atom. The number of rotatable bonds is 2. The third kappa shape index (κ3) is 1.78. The Hall–Kier alpha value is -4.34. The van der Waals surface area contributed by atoms with E-state index in [-0.39, 0.29) is 69.6 Å². The molecule has 12 aromatic carbocycles. The lowest BCUT2D eigenvalue weighted by Gasteiger charge is -2.63. The molecule has 3 fully saturated rings. The molecule has 3 aliphatic heterocycles. The molecule has 1 saturated heterocycles. The number of hydrogen-bond donors (Lipinski definition) is 0. The van der Waals surface area contributed by atoms with Gasteiger partial charge in [-0.2, -0.15) is 0 Å². The molecule has 23 aliphatic rings.